The lowest BCUT2D eigenvalue weighted by Crippen LogP contribution is -2.34. The number of carbonyl (C=O) groups excluding carboxylic acids is 1. The van der Waals surface area contributed by atoms with E-state index in [1.807, 2.05) is 0 Å². The van der Waals surface area contributed by atoms with E-state index in [-0.39, 0.29) is 6.23 Å². The Kier molecular flexibility index (Phi) is 2.50. The van der Waals surface area contributed by atoms with Gasteiger partial charge in [0.25, 0.3) is 0 Å². The lowest BCUT2D eigenvalue weighted by Gasteiger charge is -2.20. The van der Waals surface area contributed by atoms with E-state index in [0.717, 1.165) is 25.8 Å². The van der Waals surface area contributed by atoms with Crippen LogP contribution in [0.2, 0.25) is 0 Å². The number of hydrogen-bond acceptors (Lipinski definition) is 2. The Balaban J connectivity index is 2.19. The molecule has 1 heterocycles. The number of carbonyl (C=O) groups is 1. The standard InChI is InChI=1S/C6H11N2O2/c7-6(9)10-5-3-1-2-4-8-5/h5H,1-4H2,(H2,7,9). The largest absolute Gasteiger partial charge is 0.429 e. The Morgan fingerprint density at radius 2 is 2.40 bits per heavy atom. The fraction of sp³-hybridized carbons (Fsp3) is 0.833. The van der Waals surface area contributed by atoms with Gasteiger partial charge in [0.2, 0.25) is 0 Å². The zero-order chi connectivity index (χ0) is 7.40. The Labute approximate surface area is 59.7 Å². The number of nitrogens with zero attached hydrogens (tertiary/aromatic N) is 1. The monoisotopic (exact) mass is 143 g/mol. The molecule has 1 fully saturated rings. The van der Waals surface area contributed by atoms with E-state index < -0.39 is 6.09 Å². The van der Waals surface area contributed by atoms with Crippen LogP contribution in [0, 0.1) is 0 Å². The second-order valence-corrected chi connectivity index (χ2v) is 2.29. The van der Waals surface area contributed by atoms with Gasteiger partial charge in [-0.2, -0.15) is 0 Å². The molecule has 57 valence electrons. The molecule has 0 saturated carbocycles. The summed E-state index contributed by atoms with van der Waals surface area (Å²) in [6, 6.07) is 0. The Hall–Kier alpha value is -0.770. The summed E-state index contributed by atoms with van der Waals surface area (Å²) in [5.74, 6) is 0. The summed E-state index contributed by atoms with van der Waals surface area (Å²) in [6.45, 7) is 0.790. The van der Waals surface area contributed by atoms with E-state index in [9.17, 15) is 4.79 Å². The normalized spacial score (nSPS) is 25.8. The Morgan fingerprint density at radius 3 is 2.90 bits per heavy atom. The third-order valence-electron chi connectivity index (χ3n) is 1.44. The van der Waals surface area contributed by atoms with Crippen LogP contribution in [-0.2, 0) is 4.74 Å². The molecule has 1 aliphatic rings. The molecule has 1 aliphatic heterocycles. The quantitative estimate of drug-likeness (QED) is 0.569. The van der Waals surface area contributed by atoms with Crippen molar-refractivity contribution in [1.82, 2.24) is 5.32 Å². The van der Waals surface area contributed by atoms with E-state index >= 15 is 0 Å². The minimum absolute atomic E-state index is 0.272. The van der Waals surface area contributed by atoms with Gasteiger partial charge in [-0.1, -0.05) is 0 Å². The molecule has 0 aromatic heterocycles. The summed E-state index contributed by atoms with van der Waals surface area (Å²) in [6.07, 6.45) is 1.99. The molecule has 0 bridgehead atoms. The summed E-state index contributed by atoms with van der Waals surface area (Å²) in [7, 11) is 0. The minimum atomic E-state index is -0.726. The first-order chi connectivity index (χ1) is 4.79. The van der Waals surface area contributed by atoms with Crippen molar-refractivity contribution >= 4 is 6.09 Å². The van der Waals surface area contributed by atoms with Gasteiger partial charge in [0.15, 0.2) is 6.23 Å². The fourth-order valence-electron chi connectivity index (χ4n) is 0.988. The lowest BCUT2D eigenvalue weighted by atomic mass is 10.1. The molecule has 0 aliphatic carbocycles. The number of primary amides is 1. The van der Waals surface area contributed by atoms with Crippen LogP contribution in [0.4, 0.5) is 4.79 Å². The molecule has 0 spiro atoms. The van der Waals surface area contributed by atoms with Gasteiger partial charge in [0, 0.05) is 6.54 Å². The highest BCUT2D eigenvalue weighted by molar-refractivity contribution is 5.64. The number of amides is 1. The molecule has 4 nitrogen and oxygen atoms in total. The minimum Gasteiger partial charge on any atom is -0.429 e. The first-order valence-electron chi connectivity index (χ1n) is 3.42. The molecule has 2 N–H and O–H groups in total. The smallest absolute Gasteiger partial charge is 0.406 e. The highest BCUT2D eigenvalue weighted by Gasteiger charge is 2.15. The first-order valence-corrected chi connectivity index (χ1v) is 3.42. The van der Waals surface area contributed by atoms with Crippen LogP contribution in [0.15, 0.2) is 0 Å². The molecule has 0 aromatic carbocycles. The van der Waals surface area contributed by atoms with Crippen molar-refractivity contribution in [2.24, 2.45) is 5.73 Å². The molecule has 1 atom stereocenters. The average molecular weight is 143 g/mol. The maximum Gasteiger partial charge on any atom is 0.406 e. The lowest BCUT2D eigenvalue weighted by molar-refractivity contribution is 0.0654. The summed E-state index contributed by atoms with van der Waals surface area (Å²) in [5, 5.41) is 4.05. The summed E-state index contributed by atoms with van der Waals surface area (Å²) in [5.41, 5.74) is 4.80. The predicted molar refractivity (Wildman–Crippen MR) is 35.3 cm³/mol. The van der Waals surface area contributed by atoms with Gasteiger partial charge >= 0.3 is 6.09 Å². The van der Waals surface area contributed by atoms with Crippen molar-refractivity contribution in [2.75, 3.05) is 6.54 Å². The molecule has 4 heteroatoms. The molecule has 10 heavy (non-hydrogen) atoms. The zero-order valence-electron chi connectivity index (χ0n) is 5.75. The molecule has 1 saturated heterocycles. The SMILES string of the molecule is NC(=O)OC1CCCC[N]1. The van der Waals surface area contributed by atoms with Crippen LogP contribution < -0.4 is 11.1 Å². The van der Waals surface area contributed by atoms with Gasteiger partial charge in [0.1, 0.15) is 0 Å². The average Bonchev–Trinajstić information content (AvgIpc) is 1.88. The fourth-order valence-corrected chi connectivity index (χ4v) is 0.988. The van der Waals surface area contributed by atoms with Gasteiger partial charge in [0.05, 0.1) is 0 Å². The molecule has 1 rings (SSSR count). The third-order valence-corrected chi connectivity index (χ3v) is 1.44. The number of hydrogen-bond donors (Lipinski definition) is 1. The molecular formula is C6H11N2O2. The van der Waals surface area contributed by atoms with Gasteiger partial charge in [-0.3, -0.25) is 0 Å². The van der Waals surface area contributed by atoms with E-state index in [1.165, 1.54) is 0 Å². The van der Waals surface area contributed by atoms with Crippen LogP contribution in [0.25, 0.3) is 0 Å². The van der Waals surface area contributed by atoms with Gasteiger partial charge in [-0.05, 0) is 19.3 Å². The van der Waals surface area contributed by atoms with Crippen molar-refractivity contribution in [2.45, 2.75) is 25.5 Å². The number of rotatable bonds is 1. The topological polar surface area (TPSA) is 66.4 Å². The van der Waals surface area contributed by atoms with Crippen molar-refractivity contribution in [3.63, 3.8) is 0 Å². The van der Waals surface area contributed by atoms with Crippen LogP contribution in [0.1, 0.15) is 19.3 Å². The van der Waals surface area contributed by atoms with Crippen LogP contribution >= 0.6 is 0 Å². The highest BCUT2D eigenvalue weighted by Crippen LogP contribution is 2.08. The van der Waals surface area contributed by atoms with Gasteiger partial charge in [-0.15, -0.1) is 0 Å². The van der Waals surface area contributed by atoms with Crippen molar-refractivity contribution in [1.29, 1.82) is 0 Å². The van der Waals surface area contributed by atoms with Crippen LogP contribution in [-0.4, -0.2) is 18.9 Å². The van der Waals surface area contributed by atoms with Gasteiger partial charge < -0.3 is 10.5 Å². The molecule has 0 aromatic rings. The van der Waals surface area contributed by atoms with Crippen molar-refractivity contribution in [3.05, 3.63) is 0 Å². The Morgan fingerprint density at radius 1 is 1.60 bits per heavy atom. The van der Waals surface area contributed by atoms with E-state index in [0.29, 0.717) is 0 Å². The van der Waals surface area contributed by atoms with E-state index in [2.05, 4.69) is 10.1 Å². The van der Waals surface area contributed by atoms with E-state index in [4.69, 9.17) is 5.73 Å². The first kappa shape index (κ1) is 7.34. The highest BCUT2D eigenvalue weighted by atomic mass is 16.6. The van der Waals surface area contributed by atoms with Gasteiger partial charge in [-0.25, -0.2) is 10.1 Å². The number of piperidine rings is 1. The van der Waals surface area contributed by atoms with Crippen molar-refractivity contribution < 1.29 is 9.53 Å². The van der Waals surface area contributed by atoms with Crippen LogP contribution in [0.3, 0.4) is 0 Å². The predicted octanol–water partition coefficient (Wildman–Crippen LogP) is 0.196. The number of nitrogens with two attached hydrogens (primary N) is 1. The number of ether oxygens (including phenoxy) is 1. The maximum absolute atomic E-state index is 10.2. The second-order valence-electron chi connectivity index (χ2n) is 2.29. The Bertz CT molecular complexity index is 121. The summed E-state index contributed by atoms with van der Waals surface area (Å²) >= 11 is 0. The summed E-state index contributed by atoms with van der Waals surface area (Å²) in [4.78, 5) is 10.2. The maximum atomic E-state index is 10.2. The zero-order valence-corrected chi connectivity index (χ0v) is 5.75. The van der Waals surface area contributed by atoms with Crippen LogP contribution in [0.5, 0.6) is 0 Å². The third kappa shape index (κ3) is 2.23. The molecular weight excluding hydrogens is 132 g/mol. The van der Waals surface area contributed by atoms with E-state index in [1.54, 1.807) is 0 Å². The molecule has 1 radical (unpaired) electrons. The molecule has 1 amide bonds. The summed E-state index contributed by atoms with van der Waals surface area (Å²) < 4.78 is 4.66. The molecule has 1 unspecified atom stereocenters. The second kappa shape index (κ2) is 3.41. The van der Waals surface area contributed by atoms with Crippen molar-refractivity contribution in [3.8, 4) is 0 Å².